The zero-order valence-electron chi connectivity index (χ0n) is 15.2. The SMILES string of the molecule is C=C(/C=C\C=C(/C)OCCOC)[C@H]1CCO[C@@H](C)[C@H]1C(=O)OCC. The first-order valence-corrected chi connectivity index (χ1v) is 8.45. The summed E-state index contributed by atoms with van der Waals surface area (Å²) >= 11 is 0. The average Bonchev–Trinajstić information content (AvgIpc) is 2.54. The molecular formula is C19H30O5. The Morgan fingerprint density at radius 2 is 2.08 bits per heavy atom. The molecule has 0 aliphatic carbocycles. The number of rotatable bonds is 9. The predicted octanol–water partition coefficient (Wildman–Crippen LogP) is 3.27. The minimum atomic E-state index is -0.307. The van der Waals surface area contributed by atoms with E-state index in [2.05, 4.69) is 6.58 Å². The Balaban J connectivity index is 2.67. The largest absolute Gasteiger partial charge is 0.496 e. The zero-order valence-corrected chi connectivity index (χ0v) is 15.2. The lowest BCUT2D eigenvalue weighted by molar-refractivity contribution is -0.160. The molecule has 0 amide bonds. The van der Waals surface area contributed by atoms with Crippen molar-refractivity contribution in [3.63, 3.8) is 0 Å². The normalized spacial score (nSPS) is 24.8. The molecule has 136 valence electrons. The number of ether oxygens (including phenoxy) is 4. The highest BCUT2D eigenvalue weighted by Crippen LogP contribution is 2.33. The van der Waals surface area contributed by atoms with E-state index in [-0.39, 0.29) is 23.9 Å². The fourth-order valence-corrected chi connectivity index (χ4v) is 2.77. The molecule has 0 aromatic carbocycles. The van der Waals surface area contributed by atoms with E-state index >= 15 is 0 Å². The van der Waals surface area contributed by atoms with Gasteiger partial charge in [-0.1, -0.05) is 24.3 Å². The van der Waals surface area contributed by atoms with E-state index in [0.717, 1.165) is 17.8 Å². The summed E-state index contributed by atoms with van der Waals surface area (Å²) in [5, 5.41) is 0. The number of esters is 1. The molecule has 1 aliphatic heterocycles. The summed E-state index contributed by atoms with van der Waals surface area (Å²) in [7, 11) is 1.64. The summed E-state index contributed by atoms with van der Waals surface area (Å²) in [5.41, 5.74) is 0.907. The Morgan fingerprint density at radius 3 is 2.75 bits per heavy atom. The van der Waals surface area contributed by atoms with E-state index in [0.29, 0.717) is 26.4 Å². The minimum absolute atomic E-state index is 0.0344. The average molecular weight is 338 g/mol. The van der Waals surface area contributed by atoms with Gasteiger partial charge in [0.15, 0.2) is 0 Å². The van der Waals surface area contributed by atoms with Crippen molar-refractivity contribution in [3.05, 3.63) is 36.1 Å². The van der Waals surface area contributed by atoms with E-state index in [4.69, 9.17) is 18.9 Å². The summed E-state index contributed by atoms with van der Waals surface area (Å²) in [6.07, 6.45) is 6.31. The van der Waals surface area contributed by atoms with Crippen LogP contribution in [0.3, 0.4) is 0 Å². The first kappa shape index (κ1) is 20.5. The van der Waals surface area contributed by atoms with E-state index in [1.165, 1.54) is 0 Å². The topological polar surface area (TPSA) is 54.0 Å². The van der Waals surface area contributed by atoms with Crippen LogP contribution >= 0.6 is 0 Å². The number of methoxy groups -OCH3 is 1. The molecule has 24 heavy (non-hydrogen) atoms. The quantitative estimate of drug-likeness (QED) is 0.279. The molecule has 0 aromatic heterocycles. The molecule has 3 atom stereocenters. The van der Waals surface area contributed by atoms with Crippen LogP contribution in [-0.2, 0) is 23.7 Å². The van der Waals surface area contributed by atoms with Crippen LogP contribution in [0.5, 0.6) is 0 Å². The smallest absolute Gasteiger partial charge is 0.312 e. The van der Waals surface area contributed by atoms with Crippen LogP contribution in [0.25, 0.3) is 0 Å². The first-order chi connectivity index (χ1) is 11.5. The molecule has 5 heteroatoms. The van der Waals surface area contributed by atoms with Crippen molar-refractivity contribution >= 4 is 5.97 Å². The highest BCUT2D eigenvalue weighted by Gasteiger charge is 2.38. The van der Waals surface area contributed by atoms with Gasteiger partial charge in [0.05, 0.1) is 31.0 Å². The maximum atomic E-state index is 12.2. The molecule has 0 radical (unpaired) electrons. The van der Waals surface area contributed by atoms with Crippen molar-refractivity contribution in [1.29, 1.82) is 0 Å². The number of hydrogen-bond donors (Lipinski definition) is 0. The van der Waals surface area contributed by atoms with Gasteiger partial charge < -0.3 is 18.9 Å². The first-order valence-electron chi connectivity index (χ1n) is 8.45. The van der Waals surface area contributed by atoms with Gasteiger partial charge in [-0.25, -0.2) is 0 Å². The van der Waals surface area contributed by atoms with E-state index in [9.17, 15) is 4.79 Å². The molecule has 1 heterocycles. The fourth-order valence-electron chi connectivity index (χ4n) is 2.77. The molecule has 1 saturated heterocycles. The van der Waals surface area contributed by atoms with Gasteiger partial charge in [0, 0.05) is 19.6 Å². The number of hydrogen-bond acceptors (Lipinski definition) is 5. The lowest BCUT2D eigenvalue weighted by Gasteiger charge is -2.35. The third kappa shape index (κ3) is 6.49. The lowest BCUT2D eigenvalue weighted by atomic mass is 9.79. The molecule has 0 spiro atoms. The van der Waals surface area contributed by atoms with E-state index in [1.807, 2.05) is 39.0 Å². The third-order valence-corrected chi connectivity index (χ3v) is 4.04. The molecule has 0 N–H and O–H groups in total. The molecule has 5 nitrogen and oxygen atoms in total. The monoisotopic (exact) mass is 338 g/mol. The Morgan fingerprint density at radius 1 is 1.33 bits per heavy atom. The van der Waals surface area contributed by atoms with Crippen molar-refractivity contribution in [3.8, 4) is 0 Å². The van der Waals surface area contributed by atoms with E-state index < -0.39 is 0 Å². The maximum Gasteiger partial charge on any atom is 0.312 e. The van der Waals surface area contributed by atoms with Gasteiger partial charge in [-0.15, -0.1) is 0 Å². The van der Waals surface area contributed by atoms with Gasteiger partial charge in [0.2, 0.25) is 0 Å². The van der Waals surface area contributed by atoms with Crippen molar-refractivity contribution in [2.45, 2.75) is 33.3 Å². The molecule has 1 fully saturated rings. The second kappa shape index (κ2) is 11.0. The van der Waals surface area contributed by atoms with Crippen molar-refractivity contribution in [1.82, 2.24) is 0 Å². The van der Waals surface area contributed by atoms with Gasteiger partial charge in [-0.3, -0.25) is 4.79 Å². The second-order valence-electron chi connectivity index (χ2n) is 5.80. The van der Waals surface area contributed by atoms with Crippen LogP contribution in [0.2, 0.25) is 0 Å². The summed E-state index contributed by atoms with van der Waals surface area (Å²) in [5.74, 6) is 0.323. The summed E-state index contributed by atoms with van der Waals surface area (Å²) in [6, 6.07) is 0. The van der Waals surface area contributed by atoms with Gasteiger partial charge >= 0.3 is 5.97 Å². The Bertz CT molecular complexity index is 466. The van der Waals surface area contributed by atoms with Crippen LogP contribution in [0, 0.1) is 11.8 Å². The Hall–Kier alpha value is -1.59. The van der Waals surface area contributed by atoms with Crippen LogP contribution in [0.1, 0.15) is 27.2 Å². The van der Waals surface area contributed by atoms with Gasteiger partial charge in [-0.05, 0) is 33.3 Å². The molecule has 0 unspecified atom stereocenters. The highest BCUT2D eigenvalue weighted by atomic mass is 16.5. The third-order valence-electron chi connectivity index (χ3n) is 4.04. The summed E-state index contributed by atoms with van der Waals surface area (Å²) in [4.78, 5) is 12.2. The predicted molar refractivity (Wildman–Crippen MR) is 93.5 cm³/mol. The van der Waals surface area contributed by atoms with Crippen LogP contribution < -0.4 is 0 Å². The molecule has 1 rings (SSSR count). The van der Waals surface area contributed by atoms with E-state index in [1.54, 1.807) is 7.11 Å². The number of carbonyl (C=O) groups is 1. The second-order valence-corrected chi connectivity index (χ2v) is 5.80. The molecule has 1 aliphatic rings. The Labute approximate surface area is 145 Å². The molecule has 0 bridgehead atoms. The number of carbonyl (C=O) groups excluding carboxylic acids is 1. The molecule has 0 aromatic rings. The summed E-state index contributed by atoms with van der Waals surface area (Å²) < 4.78 is 21.2. The minimum Gasteiger partial charge on any atom is -0.496 e. The van der Waals surface area contributed by atoms with Gasteiger partial charge in [-0.2, -0.15) is 0 Å². The van der Waals surface area contributed by atoms with Crippen molar-refractivity contribution < 1.29 is 23.7 Å². The Kier molecular flexibility index (Phi) is 9.42. The fraction of sp³-hybridized carbons (Fsp3) is 0.632. The maximum absolute atomic E-state index is 12.2. The number of allylic oxidation sites excluding steroid dienone is 5. The molecule has 0 saturated carbocycles. The zero-order chi connectivity index (χ0) is 17.9. The van der Waals surface area contributed by atoms with Crippen LogP contribution in [0.15, 0.2) is 36.1 Å². The van der Waals surface area contributed by atoms with Crippen LogP contribution in [0.4, 0.5) is 0 Å². The van der Waals surface area contributed by atoms with Crippen molar-refractivity contribution in [2.75, 3.05) is 33.5 Å². The molecular weight excluding hydrogens is 308 g/mol. The standard InChI is InChI=1S/C19H30O5/c1-6-22-19(20)18-16(4)24-11-10-17(18)14(2)8-7-9-15(3)23-13-12-21-5/h7-9,16-18H,2,6,10-13H2,1,3-5H3/b8-7-,15-9+/t16-,17+,18+/m0/s1. The lowest BCUT2D eigenvalue weighted by Crippen LogP contribution is -2.41. The van der Waals surface area contributed by atoms with Gasteiger partial charge in [0.25, 0.3) is 0 Å². The van der Waals surface area contributed by atoms with Crippen molar-refractivity contribution in [2.24, 2.45) is 11.8 Å². The van der Waals surface area contributed by atoms with Gasteiger partial charge in [0.1, 0.15) is 6.61 Å². The highest BCUT2D eigenvalue weighted by molar-refractivity contribution is 5.74. The summed E-state index contributed by atoms with van der Waals surface area (Å²) in [6.45, 7) is 11.8. The van der Waals surface area contributed by atoms with Crippen LogP contribution in [-0.4, -0.2) is 45.6 Å².